The third-order valence-electron chi connectivity index (χ3n) is 5.21. The van der Waals surface area contributed by atoms with Crippen LogP contribution in [0.25, 0.3) is 23.0 Å². The van der Waals surface area contributed by atoms with Crippen LogP contribution in [0.1, 0.15) is 38.2 Å². The third-order valence-corrected chi connectivity index (χ3v) is 6.58. The van der Waals surface area contributed by atoms with Crippen molar-refractivity contribution in [1.29, 1.82) is 0 Å². The van der Waals surface area contributed by atoms with Crippen LogP contribution in [-0.2, 0) is 4.79 Å². The SMILES string of the molecule is CCCCCCN1C(=O)/C(=C/c2cn(-c3ccccc3)nc2-c2ccccc2)SC1=S. The Balaban J connectivity index is 1.65. The van der Waals surface area contributed by atoms with Gasteiger partial charge in [0.2, 0.25) is 0 Å². The van der Waals surface area contributed by atoms with E-state index in [1.165, 1.54) is 24.6 Å². The molecule has 2 aromatic carbocycles. The summed E-state index contributed by atoms with van der Waals surface area (Å²) in [6.07, 6.45) is 8.37. The van der Waals surface area contributed by atoms with Crippen molar-refractivity contribution in [3.8, 4) is 16.9 Å². The number of unbranched alkanes of at least 4 members (excludes halogenated alkanes) is 3. The highest BCUT2D eigenvalue weighted by atomic mass is 32.2. The predicted molar refractivity (Wildman–Crippen MR) is 133 cm³/mol. The lowest BCUT2D eigenvalue weighted by Crippen LogP contribution is -2.29. The van der Waals surface area contributed by atoms with Crippen LogP contribution < -0.4 is 0 Å². The summed E-state index contributed by atoms with van der Waals surface area (Å²) in [5, 5.41) is 4.83. The average molecular weight is 448 g/mol. The zero-order valence-corrected chi connectivity index (χ0v) is 19.2. The van der Waals surface area contributed by atoms with E-state index in [0.29, 0.717) is 15.8 Å². The summed E-state index contributed by atoms with van der Waals surface area (Å²) in [5.41, 5.74) is 3.74. The lowest BCUT2D eigenvalue weighted by Gasteiger charge is -2.13. The second kappa shape index (κ2) is 10.1. The first kappa shape index (κ1) is 21.5. The molecule has 4 nitrogen and oxygen atoms in total. The molecule has 0 unspecified atom stereocenters. The van der Waals surface area contributed by atoms with Gasteiger partial charge in [0.15, 0.2) is 0 Å². The van der Waals surface area contributed by atoms with Gasteiger partial charge < -0.3 is 0 Å². The van der Waals surface area contributed by atoms with Gasteiger partial charge in [0.05, 0.1) is 16.3 Å². The van der Waals surface area contributed by atoms with E-state index in [2.05, 4.69) is 6.92 Å². The second-order valence-electron chi connectivity index (χ2n) is 7.47. The minimum Gasteiger partial charge on any atom is -0.293 e. The van der Waals surface area contributed by atoms with Gasteiger partial charge in [-0.15, -0.1) is 0 Å². The van der Waals surface area contributed by atoms with Gasteiger partial charge in [-0.1, -0.05) is 98.7 Å². The number of hydrogen-bond donors (Lipinski definition) is 0. The lowest BCUT2D eigenvalue weighted by molar-refractivity contribution is -0.122. The number of para-hydroxylation sites is 1. The van der Waals surface area contributed by atoms with Crippen molar-refractivity contribution in [2.75, 3.05) is 6.54 Å². The largest absolute Gasteiger partial charge is 0.293 e. The molecule has 0 atom stereocenters. The molecule has 0 saturated carbocycles. The highest BCUT2D eigenvalue weighted by molar-refractivity contribution is 8.26. The number of thioether (sulfide) groups is 1. The number of benzene rings is 2. The van der Waals surface area contributed by atoms with Crippen LogP contribution in [0, 0.1) is 0 Å². The minimum absolute atomic E-state index is 0.00188. The number of carbonyl (C=O) groups excluding carboxylic acids is 1. The first-order chi connectivity index (χ1) is 15.2. The Morgan fingerprint density at radius 1 is 1.00 bits per heavy atom. The van der Waals surface area contributed by atoms with Crippen LogP contribution in [0.5, 0.6) is 0 Å². The molecule has 31 heavy (non-hydrogen) atoms. The van der Waals surface area contributed by atoms with Crippen molar-refractivity contribution in [2.45, 2.75) is 32.6 Å². The maximum Gasteiger partial charge on any atom is 0.266 e. The number of rotatable bonds is 8. The Hall–Kier alpha value is -2.70. The molecule has 0 bridgehead atoms. The van der Waals surface area contributed by atoms with E-state index >= 15 is 0 Å². The van der Waals surface area contributed by atoms with Gasteiger partial charge in [-0.2, -0.15) is 5.10 Å². The molecule has 1 fully saturated rings. The number of carbonyl (C=O) groups is 1. The Kier molecular flexibility index (Phi) is 6.99. The molecule has 2 heterocycles. The highest BCUT2D eigenvalue weighted by Gasteiger charge is 2.32. The van der Waals surface area contributed by atoms with E-state index in [-0.39, 0.29) is 5.91 Å². The van der Waals surface area contributed by atoms with Gasteiger partial charge in [0.25, 0.3) is 5.91 Å². The Labute approximate surface area is 193 Å². The molecule has 158 valence electrons. The summed E-state index contributed by atoms with van der Waals surface area (Å²) in [4.78, 5) is 15.4. The van der Waals surface area contributed by atoms with E-state index in [0.717, 1.165) is 35.3 Å². The fourth-order valence-corrected chi connectivity index (χ4v) is 4.86. The van der Waals surface area contributed by atoms with Crippen molar-refractivity contribution in [3.05, 3.63) is 77.3 Å². The van der Waals surface area contributed by atoms with Gasteiger partial charge in [-0.3, -0.25) is 9.69 Å². The van der Waals surface area contributed by atoms with Crippen LogP contribution in [-0.4, -0.2) is 31.5 Å². The van der Waals surface area contributed by atoms with Crippen LogP contribution in [0.2, 0.25) is 0 Å². The first-order valence-electron chi connectivity index (χ1n) is 10.6. The first-order valence-corrected chi connectivity index (χ1v) is 11.9. The zero-order chi connectivity index (χ0) is 21.6. The van der Waals surface area contributed by atoms with Crippen molar-refractivity contribution in [1.82, 2.24) is 14.7 Å². The van der Waals surface area contributed by atoms with E-state index in [9.17, 15) is 4.79 Å². The molecule has 3 aromatic rings. The van der Waals surface area contributed by atoms with E-state index < -0.39 is 0 Å². The van der Waals surface area contributed by atoms with Gasteiger partial charge in [-0.05, 0) is 24.6 Å². The summed E-state index contributed by atoms with van der Waals surface area (Å²) in [6, 6.07) is 20.0. The van der Waals surface area contributed by atoms with Crippen LogP contribution >= 0.6 is 24.0 Å². The van der Waals surface area contributed by atoms with E-state index in [4.69, 9.17) is 17.3 Å². The third kappa shape index (κ3) is 4.97. The number of amides is 1. The fourth-order valence-electron chi connectivity index (χ4n) is 3.56. The molecule has 0 aliphatic carbocycles. The number of nitrogens with zero attached hydrogens (tertiary/aromatic N) is 3. The van der Waals surface area contributed by atoms with Gasteiger partial charge in [-0.25, -0.2) is 4.68 Å². The molecule has 4 rings (SSSR count). The molecule has 0 N–H and O–H groups in total. The van der Waals surface area contributed by atoms with Gasteiger partial charge in [0, 0.05) is 23.9 Å². The lowest BCUT2D eigenvalue weighted by atomic mass is 10.1. The quantitative estimate of drug-likeness (QED) is 0.230. The smallest absolute Gasteiger partial charge is 0.266 e. The van der Waals surface area contributed by atoms with Gasteiger partial charge in [0.1, 0.15) is 4.32 Å². The Morgan fingerprint density at radius 3 is 2.42 bits per heavy atom. The Morgan fingerprint density at radius 2 is 1.71 bits per heavy atom. The molecule has 1 aromatic heterocycles. The predicted octanol–water partition coefficient (Wildman–Crippen LogP) is 6.32. The molecule has 1 saturated heterocycles. The Bertz CT molecular complexity index is 1090. The molecule has 1 aliphatic heterocycles. The van der Waals surface area contributed by atoms with Crippen molar-refractivity contribution in [2.24, 2.45) is 0 Å². The second-order valence-corrected chi connectivity index (χ2v) is 9.15. The minimum atomic E-state index is -0.00188. The van der Waals surface area contributed by atoms with Crippen molar-refractivity contribution in [3.63, 3.8) is 0 Å². The molecular formula is C25H25N3OS2. The average Bonchev–Trinajstić information content (AvgIpc) is 3.34. The normalized spacial score (nSPS) is 15.3. The monoisotopic (exact) mass is 447 g/mol. The van der Waals surface area contributed by atoms with Crippen molar-refractivity contribution < 1.29 is 4.79 Å². The van der Waals surface area contributed by atoms with Crippen LogP contribution in [0.3, 0.4) is 0 Å². The van der Waals surface area contributed by atoms with Gasteiger partial charge >= 0.3 is 0 Å². The molecular weight excluding hydrogens is 422 g/mol. The van der Waals surface area contributed by atoms with E-state index in [1.54, 1.807) is 4.90 Å². The molecule has 0 spiro atoms. The molecule has 6 heteroatoms. The molecule has 0 radical (unpaired) electrons. The summed E-state index contributed by atoms with van der Waals surface area (Å²) in [7, 11) is 0. The molecule has 1 aliphatic rings. The summed E-state index contributed by atoms with van der Waals surface area (Å²) in [6.45, 7) is 2.87. The number of hydrogen-bond acceptors (Lipinski definition) is 4. The van der Waals surface area contributed by atoms with Crippen LogP contribution in [0.15, 0.2) is 71.8 Å². The van der Waals surface area contributed by atoms with E-state index in [1.807, 2.05) is 77.6 Å². The maximum absolute atomic E-state index is 13.0. The van der Waals surface area contributed by atoms with Crippen molar-refractivity contribution >= 4 is 40.3 Å². The number of thiocarbonyl (C=S) groups is 1. The summed E-state index contributed by atoms with van der Waals surface area (Å²) in [5.74, 6) is -0.00188. The maximum atomic E-state index is 13.0. The summed E-state index contributed by atoms with van der Waals surface area (Å²) < 4.78 is 2.50. The van der Waals surface area contributed by atoms with Crippen LogP contribution in [0.4, 0.5) is 0 Å². The topological polar surface area (TPSA) is 38.1 Å². The highest BCUT2D eigenvalue weighted by Crippen LogP contribution is 2.35. The summed E-state index contributed by atoms with van der Waals surface area (Å²) >= 11 is 6.88. The fraction of sp³-hybridized carbons (Fsp3) is 0.240. The number of aromatic nitrogens is 2. The zero-order valence-electron chi connectivity index (χ0n) is 17.5. The molecule has 1 amide bonds. The standard InChI is InChI=1S/C25H25N3OS2/c1-2-3-4-11-16-27-24(29)22(31-25(27)30)17-20-18-28(21-14-9-6-10-15-21)26-23(20)19-12-7-5-8-13-19/h5-10,12-15,17-18H,2-4,11,16H2,1H3/b22-17-.